The van der Waals surface area contributed by atoms with Crippen molar-refractivity contribution < 1.29 is 4.79 Å². The van der Waals surface area contributed by atoms with Crippen molar-refractivity contribution in [3.63, 3.8) is 0 Å². The minimum atomic E-state index is -0.340. The van der Waals surface area contributed by atoms with E-state index in [2.05, 4.69) is 52.4 Å². The van der Waals surface area contributed by atoms with Crippen LogP contribution in [-0.2, 0) is 11.3 Å². The van der Waals surface area contributed by atoms with Crippen molar-refractivity contribution in [1.82, 2.24) is 24.3 Å². The number of likely N-dealkylation sites (tertiary alicyclic amines) is 1. The number of carbonyl (C=O) groups is 1. The minimum Gasteiger partial charge on any atom is -0.341 e. The van der Waals surface area contributed by atoms with E-state index in [-0.39, 0.29) is 28.5 Å². The Labute approximate surface area is 281 Å². The van der Waals surface area contributed by atoms with Crippen molar-refractivity contribution >= 4 is 56.7 Å². The lowest BCUT2D eigenvalue weighted by molar-refractivity contribution is -0.130. The normalized spacial score (nSPS) is 17.6. The standard InChI is InChI=1S/C37H38N6O2S2/c1-41-20-21-46-33(24-41)27-10-14-29(15-11-27)39-37-38-23-28-22-32(26-12-16-31(17-13-26)47(2)30-8-4-3-5-9-30)36(45)43(35(28)40-37)25-34(44)42-18-6-7-19-42/h3-5,8-17,22-23,33H,2,6-7,18-21,24-25H2,1H3,(H,38,39,40). The van der Waals surface area contributed by atoms with Crippen LogP contribution in [0.5, 0.6) is 0 Å². The molecule has 47 heavy (non-hydrogen) atoms. The highest BCUT2D eigenvalue weighted by Crippen LogP contribution is 2.35. The molecule has 0 saturated carbocycles. The number of nitrogens with one attached hydrogen (secondary N) is 1. The van der Waals surface area contributed by atoms with Gasteiger partial charge in [0.25, 0.3) is 5.56 Å². The second-order valence-corrected chi connectivity index (χ2v) is 15.1. The van der Waals surface area contributed by atoms with Gasteiger partial charge in [0.1, 0.15) is 12.2 Å². The molecule has 0 spiro atoms. The van der Waals surface area contributed by atoms with Crippen LogP contribution < -0.4 is 10.9 Å². The van der Waals surface area contributed by atoms with E-state index >= 15 is 0 Å². The molecule has 2 fully saturated rings. The summed E-state index contributed by atoms with van der Waals surface area (Å²) in [6.45, 7) is 3.52. The highest BCUT2D eigenvalue weighted by molar-refractivity contribution is 8.14. The Bertz CT molecular complexity index is 1970. The molecule has 240 valence electrons. The van der Waals surface area contributed by atoms with E-state index in [1.54, 1.807) is 6.20 Å². The van der Waals surface area contributed by atoms with Gasteiger partial charge in [-0.1, -0.05) is 48.3 Å². The fraction of sp³-hybridized carbons (Fsp3) is 0.270. The molecule has 0 radical (unpaired) electrons. The maximum Gasteiger partial charge on any atom is 0.260 e. The highest BCUT2D eigenvalue weighted by atomic mass is 32.2. The molecule has 2 aliphatic heterocycles. The van der Waals surface area contributed by atoms with Gasteiger partial charge in [-0.2, -0.15) is 16.7 Å². The maximum absolute atomic E-state index is 14.1. The van der Waals surface area contributed by atoms with E-state index in [1.807, 2.05) is 77.3 Å². The summed E-state index contributed by atoms with van der Waals surface area (Å²) < 4.78 is 1.52. The van der Waals surface area contributed by atoms with Crippen LogP contribution in [0.25, 0.3) is 22.2 Å². The van der Waals surface area contributed by atoms with Gasteiger partial charge in [-0.15, -0.1) is 10.5 Å². The van der Waals surface area contributed by atoms with Gasteiger partial charge in [-0.05, 0) is 73.5 Å². The summed E-state index contributed by atoms with van der Waals surface area (Å²) in [7, 11) is 1.83. The molecular formula is C37H38N6O2S2. The van der Waals surface area contributed by atoms with Gasteiger partial charge in [0.15, 0.2) is 0 Å². The van der Waals surface area contributed by atoms with Crippen LogP contribution in [0, 0.1) is 0 Å². The molecule has 8 nitrogen and oxygen atoms in total. The lowest BCUT2D eigenvalue weighted by atomic mass is 10.1. The number of carbonyl (C=O) groups excluding carboxylic acids is 1. The summed E-state index contributed by atoms with van der Waals surface area (Å²) in [5.41, 5.74) is 3.62. The van der Waals surface area contributed by atoms with Crippen molar-refractivity contribution in [3.8, 4) is 11.1 Å². The fourth-order valence-electron chi connectivity index (χ4n) is 6.18. The van der Waals surface area contributed by atoms with Gasteiger partial charge in [0.05, 0.1) is 0 Å². The number of aromatic nitrogens is 3. The predicted molar refractivity (Wildman–Crippen MR) is 195 cm³/mol. The van der Waals surface area contributed by atoms with Crippen LogP contribution in [0.3, 0.4) is 0 Å². The molecule has 2 aromatic heterocycles. The van der Waals surface area contributed by atoms with Crippen LogP contribution in [0.2, 0.25) is 0 Å². The number of likely N-dealkylation sites (N-methyl/N-ethyl adjacent to an activating group) is 1. The van der Waals surface area contributed by atoms with Crippen LogP contribution >= 0.6 is 22.2 Å². The number of hydrogen-bond acceptors (Lipinski definition) is 7. The summed E-state index contributed by atoms with van der Waals surface area (Å²) in [4.78, 5) is 43.4. The van der Waals surface area contributed by atoms with Gasteiger partial charge >= 0.3 is 0 Å². The third-order valence-electron chi connectivity index (χ3n) is 8.86. The molecule has 2 unspecified atom stereocenters. The lowest BCUT2D eigenvalue weighted by Gasteiger charge is -2.29. The quantitative estimate of drug-likeness (QED) is 0.186. The zero-order valence-electron chi connectivity index (χ0n) is 26.5. The van der Waals surface area contributed by atoms with E-state index < -0.39 is 0 Å². The predicted octanol–water partition coefficient (Wildman–Crippen LogP) is 6.66. The lowest BCUT2D eigenvalue weighted by Crippen LogP contribution is -2.35. The number of amides is 1. The Hall–Kier alpha value is -4.25. The summed E-state index contributed by atoms with van der Waals surface area (Å²) >= 11 is 2.00. The molecule has 2 atom stereocenters. The number of nitrogens with zero attached hydrogens (tertiary/aromatic N) is 5. The number of rotatable bonds is 8. The summed E-state index contributed by atoms with van der Waals surface area (Å²) in [6.07, 6.45) is 3.69. The highest BCUT2D eigenvalue weighted by Gasteiger charge is 2.22. The molecular weight excluding hydrogens is 625 g/mol. The first-order chi connectivity index (χ1) is 22.9. The first-order valence-corrected chi connectivity index (χ1v) is 18.4. The number of anilines is 2. The molecule has 2 aliphatic rings. The molecule has 1 N–H and O–H groups in total. The molecule has 0 aliphatic carbocycles. The van der Waals surface area contributed by atoms with Crippen molar-refractivity contribution in [1.29, 1.82) is 0 Å². The molecule has 1 amide bonds. The van der Waals surface area contributed by atoms with Crippen molar-refractivity contribution in [2.24, 2.45) is 0 Å². The second-order valence-electron chi connectivity index (χ2n) is 12.1. The number of hydrogen-bond donors (Lipinski definition) is 1. The van der Waals surface area contributed by atoms with E-state index in [4.69, 9.17) is 4.98 Å². The average Bonchev–Trinajstić information content (AvgIpc) is 3.66. The maximum atomic E-state index is 14.1. The number of benzene rings is 3. The smallest absolute Gasteiger partial charge is 0.260 e. The SMILES string of the molecule is C=S(c1ccccc1)c1ccc(-c2cc3cnc(Nc4ccc(C5CN(C)CCS5)cc4)nc3n(CC(=O)N3CCCC3)c2=O)cc1. The average molecular weight is 663 g/mol. The van der Waals surface area contributed by atoms with E-state index in [9.17, 15) is 9.59 Å². The summed E-state index contributed by atoms with van der Waals surface area (Å²) in [5.74, 6) is 5.82. The van der Waals surface area contributed by atoms with Crippen LogP contribution in [0.1, 0.15) is 23.7 Å². The minimum absolute atomic E-state index is 0.0719. The molecule has 10 heteroatoms. The van der Waals surface area contributed by atoms with E-state index in [1.165, 1.54) is 10.1 Å². The Morgan fingerprint density at radius 2 is 1.70 bits per heavy atom. The van der Waals surface area contributed by atoms with Gasteiger partial charge in [-0.3, -0.25) is 14.2 Å². The van der Waals surface area contributed by atoms with Gasteiger partial charge in [-0.25, -0.2) is 4.98 Å². The van der Waals surface area contributed by atoms with E-state index in [0.29, 0.717) is 40.9 Å². The first-order valence-electron chi connectivity index (χ1n) is 16.0. The third kappa shape index (κ3) is 6.90. The Kier molecular flexibility index (Phi) is 9.24. The van der Waals surface area contributed by atoms with Gasteiger partial charge in [0, 0.05) is 69.8 Å². The molecule has 4 heterocycles. The Balaban J connectivity index is 1.20. The zero-order valence-corrected chi connectivity index (χ0v) is 28.1. The zero-order chi connectivity index (χ0) is 32.3. The third-order valence-corrected chi connectivity index (χ3v) is 11.8. The number of fused-ring (bicyclic) bond motifs is 1. The van der Waals surface area contributed by atoms with Gasteiger partial charge < -0.3 is 15.1 Å². The molecule has 3 aromatic carbocycles. The monoisotopic (exact) mass is 662 g/mol. The Morgan fingerprint density at radius 3 is 2.43 bits per heavy atom. The van der Waals surface area contributed by atoms with E-state index in [0.717, 1.165) is 52.7 Å². The summed E-state index contributed by atoms with van der Waals surface area (Å²) in [6, 6.07) is 28.4. The first kappa shape index (κ1) is 31.4. The fourth-order valence-corrected chi connectivity index (χ4v) is 8.82. The van der Waals surface area contributed by atoms with Crippen LogP contribution in [-0.4, -0.2) is 75.1 Å². The molecule has 0 bridgehead atoms. The van der Waals surface area contributed by atoms with Crippen molar-refractivity contribution in [2.75, 3.05) is 44.3 Å². The van der Waals surface area contributed by atoms with Crippen molar-refractivity contribution in [3.05, 3.63) is 107 Å². The number of thioether (sulfide) groups is 1. The van der Waals surface area contributed by atoms with Crippen LogP contribution in [0.4, 0.5) is 11.6 Å². The molecule has 7 rings (SSSR count). The molecule has 5 aromatic rings. The van der Waals surface area contributed by atoms with Gasteiger partial charge in [0.2, 0.25) is 11.9 Å². The number of pyridine rings is 1. The van der Waals surface area contributed by atoms with Crippen molar-refractivity contribution in [2.45, 2.75) is 34.4 Å². The van der Waals surface area contributed by atoms with Crippen LogP contribution in [0.15, 0.2) is 106 Å². The Morgan fingerprint density at radius 1 is 0.979 bits per heavy atom. The molecule has 2 saturated heterocycles. The summed E-state index contributed by atoms with van der Waals surface area (Å²) in [5, 5.41) is 4.46. The second kappa shape index (κ2) is 13.9. The topological polar surface area (TPSA) is 83.4 Å². The largest absolute Gasteiger partial charge is 0.341 e.